The number of anilines is 3. The lowest BCUT2D eigenvalue weighted by Crippen LogP contribution is -2.07. The Morgan fingerprint density at radius 3 is 0.648 bits per heavy atom. The van der Waals surface area contributed by atoms with E-state index in [4.69, 9.17) is 15.1 Å². The fraction of sp³-hybridized carbons (Fsp3) is 0.125. The molecule has 0 aliphatic carbocycles. The quantitative estimate of drug-likeness (QED) is 0.0691. The molecule has 0 heterocycles. The molecular weight excluding hydrogens is 981 g/mol. The van der Waals surface area contributed by atoms with Gasteiger partial charge < -0.3 is 29.8 Å². The van der Waals surface area contributed by atoms with Crippen LogP contribution in [-0.2, 0) is 0 Å². The molecule has 0 aliphatic heterocycles. The summed E-state index contributed by atoms with van der Waals surface area (Å²) in [6.07, 6.45) is 0. The molecule has 0 saturated heterocycles. The van der Waals surface area contributed by atoms with Crippen molar-refractivity contribution in [3.63, 3.8) is 0 Å². The van der Waals surface area contributed by atoms with E-state index in [0.717, 1.165) is 0 Å². The van der Waals surface area contributed by atoms with Gasteiger partial charge in [0, 0.05) is 70.5 Å². The first-order valence-corrected chi connectivity index (χ1v) is 19.7. The molecule has 71 heavy (non-hydrogen) atoms. The van der Waals surface area contributed by atoms with Crippen LogP contribution in [0.25, 0.3) is 22.3 Å². The predicted octanol–water partition coefficient (Wildman–Crippen LogP) is 12.1. The van der Waals surface area contributed by atoms with Crippen molar-refractivity contribution in [3.05, 3.63) is 208 Å². The second kappa shape index (κ2) is 27.8. The number of para-hydroxylation sites is 3. The minimum Gasteiger partial charge on any atom is -0.402 e. The topological polar surface area (TPSA) is 70.4 Å². The van der Waals surface area contributed by atoms with Gasteiger partial charge in [0.1, 0.15) is 0 Å². The first-order chi connectivity index (χ1) is 33.2. The Balaban J connectivity index is 0.000000313. The van der Waals surface area contributed by atoms with E-state index in [1.54, 1.807) is 0 Å². The highest BCUT2D eigenvalue weighted by Crippen LogP contribution is 2.36. The van der Waals surface area contributed by atoms with Crippen molar-refractivity contribution in [3.8, 4) is 22.3 Å². The van der Waals surface area contributed by atoms with Gasteiger partial charge in [0.25, 0.3) is 0 Å². The van der Waals surface area contributed by atoms with Crippen LogP contribution < -0.4 is 14.7 Å². The molecule has 0 amide bonds. The van der Waals surface area contributed by atoms with Crippen LogP contribution in [0.3, 0.4) is 0 Å². The zero-order valence-electron chi connectivity index (χ0n) is 37.8. The monoisotopic (exact) mass is 1020 g/mol. The summed E-state index contributed by atoms with van der Waals surface area (Å²) in [6, 6.07) is 32.1. The maximum Gasteiger partial charge on any atom is 0.631 e. The van der Waals surface area contributed by atoms with Gasteiger partial charge in [0.15, 0.2) is 81.4 Å². The SMILES string of the molecule is CN(C)c1ccccc1.CN(C)c1ccccc1.CN(C)c1ccccc1.Fc1ccc(-c2c(F)c(F)c(F)c(F)c2F)c(F)c1F.Fc1ccc(-c2c(F)c(F)c(F)c(F)c2F)c(F)c1F.OB(O)O. The molecule has 6 nitrogen and oxygen atoms in total. The highest BCUT2D eigenvalue weighted by molar-refractivity contribution is 6.30. The molecule has 7 aromatic carbocycles. The zero-order chi connectivity index (χ0) is 54.0. The van der Waals surface area contributed by atoms with Crippen LogP contribution in [0.5, 0.6) is 0 Å². The number of hydrogen-bond acceptors (Lipinski definition) is 6. The first-order valence-electron chi connectivity index (χ1n) is 19.7. The number of halogens is 16. The van der Waals surface area contributed by atoms with Gasteiger partial charge in [-0.1, -0.05) is 54.6 Å². The van der Waals surface area contributed by atoms with Crippen LogP contribution in [0, 0.1) is 93.1 Å². The summed E-state index contributed by atoms with van der Waals surface area (Å²) in [5, 5.41) is 21.5. The fourth-order valence-electron chi connectivity index (χ4n) is 5.30. The van der Waals surface area contributed by atoms with Crippen LogP contribution in [0.4, 0.5) is 87.3 Å². The summed E-state index contributed by atoms with van der Waals surface area (Å²) in [6.45, 7) is 0. The van der Waals surface area contributed by atoms with E-state index in [9.17, 15) is 70.2 Å². The highest BCUT2D eigenvalue weighted by atomic mass is 19.2. The van der Waals surface area contributed by atoms with Gasteiger partial charge in [-0.2, -0.15) is 0 Å². The van der Waals surface area contributed by atoms with E-state index in [1.165, 1.54) is 17.1 Å². The van der Waals surface area contributed by atoms with Gasteiger partial charge in [0.2, 0.25) is 11.6 Å². The van der Waals surface area contributed by atoms with E-state index < -0.39 is 123 Å². The largest absolute Gasteiger partial charge is 0.631 e. The van der Waals surface area contributed by atoms with Gasteiger partial charge in [0.05, 0.1) is 11.1 Å². The molecular formula is C48H40BF16N3O3. The summed E-state index contributed by atoms with van der Waals surface area (Å²) in [5.74, 6) is -35.2. The van der Waals surface area contributed by atoms with E-state index in [-0.39, 0.29) is 0 Å². The summed E-state index contributed by atoms with van der Waals surface area (Å²) >= 11 is 0. The van der Waals surface area contributed by atoms with Crippen LogP contribution >= 0.6 is 0 Å². The first kappa shape index (κ1) is 59.9. The molecule has 380 valence electrons. The molecule has 0 unspecified atom stereocenters. The third-order valence-corrected chi connectivity index (χ3v) is 8.85. The predicted molar refractivity (Wildman–Crippen MR) is 238 cm³/mol. The minimum absolute atomic E-state index is 0.297. The zero-order valence-corrected chi connectivity index (χ0v) is 37.8. The molecule has 0 atom stereocenters. The Labute approximate surface area is 396 Å². The van der Waals surface area contributed by atoms with Crippen molar-refractivity contribution >= 4 is 24.4 Å². The molecule has 7 aromatic rings. The van der Waals surface area contributed by atoms with Crippen molar-refractivity contribution < 1.29 is 85.3 Å². The molecule has 0 radical (unpaired) electrons. The molecule has 0 bridgehead atoms. The number of rotatable bonds is 5. The van der Waals surface area contributed by atoms with Crippen molar-refractivity contribution in [2.24, 2.45) is 0 Å². The fourth-order valence-corrected chi connectivity index (χ4v) is 5.30. The second-order valence-corrected chi connectivity index (χ2v) is 14.4. The Morgan fingerprint density at radius 1 is 0.268 bits per heavy atom. The van der Waals surface area contributed by atoms with E-state index in [2.05, 4.69) is 51.1 Å². The summed E-state index contributed by atoms with van der Waals surface area (Å²) in [4.78, 5) is 6.25. The normalized spacial score (nSPS) is 10.0. The molecule has 0 aromatic heterocycles. The van der Waals surface area contributed by atoms with Gasteiger partial charge in [-0.3, -0.25) is 0 Å². The summed E-state index contributed by atoms with van der Waals surface area (Å²) in [5.41, 5.74) is -2.16. The van der Waals surface area contributed by atoms with Crippen LogP contribution in [-0.4, -0.2) is 64.7 Å². The molecule has 7 rings (SSSR count). The minimum atomic E-state index is -2.44. The Hall–Kier alpha value is -7.24. The van der Waals surface area contributed by atoms with E-state index in [1.807, 2.05) is 96.9 Å². The lowest BCUT2D eigenvalue weighted by Gasteiger charge is -2.10. The lowest BCUT2D eigenvalue weighted by atomic mass is 10.0. The van der Waals surface area contributed by atoms with Gasteiger partial charge >= 0.3 is 7.32 Å². The standard InChI is InChI=1S/2C12H2F8.3C8H11N.BH3O3/c2*13-4-2-1-3(6(14)7(4)15)5-8(16)10(18)12(20)11(19)9(5)17;3*1-9(2)8-6-4-3-5-7-8;2-1(3)4/h2*1-2H;3*3-7H,1-2H3;2-4H. The van der Waals surface area contributed by atoms with E-state index in [0.29, 0.717) is 24.3 Å². The number of nitrogens with zero attached hydrogens (tertiary/aromatic N) is 3. The maximum atomic E-state index is 13.4. The number of hydrogen-bond donors (Lipinski definition) is 3. The molecule has 0 aliphatic rings. The lowest BCUT2D eigenvalue weighted by molar-refractivity contribution is 0.278. The Kier molecular flexibility index (Phi) is 23.5. The Morgan fingerprint density at radius 2 is 0.465 bits per heavy atom. The molecule has 0 fully saturated rings. The average Bonchev–Trinajstić information content (AvgIpc) is 3.35. The summed E-state index contributed by atoms with van der Waals surface area (Å²) in [7, 11) is 10.1. The highest BCUT2D eigenvalue weighted by Gasteiger charge is 2.31. The van der Waals surface area contributed by atoms with Crippen molar-refractivity contribution in [2.45, 2.75) is 0 Å². The van der Waals surface area contributed by atoms with Crippen molar-refractivity contribution in [2.75, 3.05) is 57.0 Å². The van der Waals surface area contributed by atoms with Crippen molar-refractivity contribution in [1.82, 2.24) is 0 Å². The van der Waals surface area contributed by atoms with Crippen LogP contribution in [0.1, 0.15) is 0 Å². The van der Waals surface area contributed by atoms with Crippen molar-refractivity contribution in [1.29, 1.82) is 0 Å². The third-order valence-electron chi connectivity index (χ3n) is 8.85. The molecule has 23 heteroatoms. The van der Waals surface area contributed by atoms with Crippen LogP contribution in [0.15, 0.2) is 115 Å². The molecule has 0 saturated carbocycles. The molecule has 0 spiro atoms. The molecule has 3 N–H and O–H groups in total. The van der Waals surface area contributed by atoms with E-state index >= 15 is 0 Å². The van der Waals surface area contributed by atoms with Crippen LogP contribution in [0.2, 0.25) is 0 Å². The van der Waals surface area contributed by atoms with Gasteiger partial charge in [-0.05, 0) is 60.7 Å². The average molecular weight is 1020 g/mol. The number of benzene rings is 7. The van der Waals surface area contributed by atoms with Gasteiger partial charge in [-0.15, -0.1) is 0 Å². The van der Waals surface area contributed by atoms with Gasteiger partial charge in [-0.25, -0.2) is 70.2 Å². The second-order valence-electron chi connectivity index (χ2n) is 14.4. The summed E-state index contributed by atoms with van der Waals surface area (Å²) < 4.78 is 209. The smallest absolute Gasteiger partial charge is 0.402 e. The third kappa shape index (κ3) is 16.4. The Bertz CT molecular complexity index is 2530. The maximum absolute atomic E-state index is 13.4.